The largest absolute Gasteiger partial charge is 0.494 e. The third-order valence-corrected chi connectivity index (χ3v) is 2.59. The minimum absolute atomic E-state index is 0.0423. The molecule has 0 radical (unpaired) electrons. The van der Waals surface area contributed by atoms with Gasteiger partial charge in [-0.25, -0.2) is 0 Å². The highest BCUT2D eigenvalue weighted by atomic mass is 16.5. The lowest BCUT2D eigenvalue weighted by molar-refractivity contribution is -0.120. The number of nitrogens with one attached hydrogen (secondary N) is 1. The maximum atomic E-state index is 11.7. The Hall–Kier alpha value is -1.55. The zero-order chi connectivity index (χ0) is 13.9. The second-order valence-electron chi connectivity index (χ2n) is 4.15. The quantitative estimate of drug-likeness (QED) is 0.696. The third-order valence-electron chi connectivity index (χ3n) is 2.59. The number of hydrogen-bond acceptors (Lipinski definition) is 3. The molecule has 0 bridgehead atoms. The van der Waals surface area contributed by atoms with E-state index in [0.717, 1.165) is 24.3 Å². The van der Waals surface area contributed by atoms with E-state index in [9.17, 15) is 4.79 Å². The van der Waals surface area contributed by atoms with Gasteiger partial charge in [0.1, 0.15) is 5.75 Å². The van der Waals surface area contributed by atoms with Crippen LogP contribution in [0.15, 0.2) is 24.3 Å². The first-order valence-electron chi connectivity index (χ1n) is 6.82. The summed E-state index contributed by atoms with van der Waals surface area (Å²) in [5, 5.41) is 2.88. The van der Waals surface area contributed by atoms with Gasteiger partial charge in [0.15, 0.2) is 0 Å². The van der Waals surface area contributed by atoms with Crippen molar-refractivity contribution in [3.63, 3.8) is 0 Å². The molecule has 4 heteroatoms. The van der Waals surface area contributed by atoms with E-state index in [-0.39, 0.29) is 5.91 Å². The lowest BCUT2D eigenvalue weighted by Crippen LogP contribution is -2.26. The van der Waals surface area contributed by atoms with Gasteiger partial charge in [0.2, 0.25) is 5.91 Å². The summed E-state index contributed by atoms with van der Waals surface area (Å²) in [6, 6.07) is 7.62. The summed E-state index contributed by atoms with van der Waals surface area (Å²) in [5.74, 6) is 0.879. The van der Waals surface area contributed by atoms with Gasteiger partial charge >= 0.3 is 0 Å². The van der Waals surface area contributed by atoms with Gasteiger partial charge in [-0.3, -0.25) is 4.79 Å². The van der Waals surface area contributed by atoms with Crippen LogP contribution in [0.2, 0.25) is 0 Å². The molecule has 0 spiro atoms. The van der Waals surface area contributed by atoms with E-state index in [1.807, 2.05) is 38.1 Å². The summed E-state index contributed by atoms with van der Waals surface area (Å²) in [7, 11) is 0. The minimum atomic E-state index is 0.0423. The lowest BCUT2D eigenvalue weighted by Gasteiger charge is -2.07. The van der Waals surface area contributed by atoms with Crippen molar-refractivity contribution in [1.82, 2.24) is 5.32 Å². The van der Waals surface area contributed by atoms with Crippen LogP contribution in [-0.2, 0) is 16.0 Å². The normalized spacial score (nSPS) is 10.2. The number of benzene rings is 1. The summed E-state index contributed by atoms with van der Waals surface area (Å²) in [6.45, 7) is 6.64. The van der Waals surface area contributed by atoms with Crippen molar-refractivity contribution in [2.75, 3.05) is 26.4 Å². The molecule has 0 heterocycles. The van der Waals surface area contributed by atoms with Crippen LogP contribution >= 0.6 is 0 Å². The van der Waals surface area contributed by atoms with Crippen LogP contribution < -0.4 is 10.1 Å². The fraction of sp³-hybridized carbons (Fsp3) is 0.533. The molecule has 19 heavy (non-hydrogen) atoms. The summed E-state index contributed by atoms with van der Waals surface area (Å²) in [5.41, 5.74) is 0.991. The molecular weight excluding hydrogens is 242 g/mol. The van der Waals surface area contributed by atoms with Crippen LogP contribution in [0.3, 0.4) is 0 Å². The standard InChI is InChI=1S/C15H23NO3/c1-3-18-11-5-10-16-15(17)12-13-6-8-14(9-7-13)19-4-2/h6-9H,3-5,10-12H2,1-2H3,(H,16,17). The minimum Gasteiger partial charge on any atom is -0.494 e. The molecule has 1 aromatic carbocycles. The van der Waals surface area contributed by atoms with Crippen LogP contribution in [0, 0.1) is 0 Å². The molecule has 106 valence electrons. The van der Waals surface area contributed by atoms with Crippen LogP contribution in [0.1, 0.15) is 25.8 Å². The molecule has 0 unspecified atom stereocenters. The second kappa shape index (κ2) is 9.39. The van der Waals surface area contributed by atoms with Gasteiger partial charge in [-0.2, -0.15) is 0 Å². The number of carbonyl (C=O) groups excluding carboxylic acids is 1. The first-order chi connectivity index (χ1) is 9.26. The van der Waals surface area contributed by atoms with Gasteiger partial charge in [-0.05, 0) is 38.0 Å². The number of rotatable bonds is 9. The Morgan fingerprint density at radius 1 is 1.16 bits per heavy atom. The van der Waals surface area contributed by atoms with Gasteiger partial charge in [0, 0.05) is 19.8 Å². The Morgan fingerprint density at radius 2 is 1.89 bits per heavy atom. The number of amides is 1. The monoisotopic (exact) mass is 265 g/mol. The molecule has 0 aliphatic heterocycles. The molecule has 0 aromatic heterocycles. The van der Waals surface area contributed by atoms with E-state index >= 15 is 0 Å². The molecule has 0 fully saturated rings. The highest BCUT2D eigenvalue weighted by molar-refractivity contribution is 5.78. The highest BCUT2D eigenvalue weighted by Crippen LogP contribution is 2.12. The molecule has 4 nitrogen and oxygen atoms in total. The topological polar surface area (TPSA) is 47.6 Å². The predicted molar refractivity (Wildman–Crippen MR) is 75.4 cm³/mol. The van der Waals surface area contributed by atoms with Crippen molar-refractivity contribution in [3.05, 3.63) is 29.8 Å². The Labute approximate surface area is 115 Å². The van der Waals surface area contributed by atoms with Crippen LogP contribution in [-0.4, -0.2) is 32.3 Å². The van der Waals surface area contributed by atoms with E-state index in [0.29, 0.717) is 26.2 Å². The average Bonchev–Trinajstić information content (AvgIpc) is 2.41. The molecule has 1 aromatic rings. The zero-order valence-electron chi connectivity index (χ0n) is 11.8. The lowest BCUT2D eigenvalue weighted by atomic mass is 10.1. The Balaban J connectivity index is 2.24. The Morgan fingerprint density at radius 3 is 2.53 bits per heavy atom. The highest BCUT2D eigenvalue weighted by Gasteiger charge is 2.03. The summed E-state index contributed by atoms with van der Waals surface area (Å²) in [6.07, 6.45) is 1.25. The molecule has 1 N–H and O–H groups in total. The first kappa shape index (κ1) is 15.5. The van der Waals surface area contributed by atoms with Gasteiger partial charge in [0.25, 0.3) is 0 Å². The van der Waals surface area contributed by atoms with E-state index in [1.54, 1.807) is 0 Å². The average molecular weight is 265 g/mol. The van der Waals surface area contributed by atoms with Crippen molar-refractivity contribution < 1.29 is 14.3 Å². The summed E-state index contributed by atoms with van der Waals surface area (Å²) < 4.78 is 10.6. The maximum absolute atomic E-state index is 11.7. The molecule has 0 aliphatic rings. The fourth-order valence-corrected chi connectivity index (χ4v) is 1.66. The van der Waals surface area contributed by atoms with Gasteiger partial charge < -0.3 is 14.8 Å². The number of carbonyl (C=O) groups is 1. The smallest absolute Gasteiger partial charge is 0.224 e. The van der Waals surface area contributed by atoms with Crippen molar-refractivity contribution in [1.29, 1.82) is 0 Å². The maximum Gasteiger partial charge on any atom is 0.224 e. The van der Waals surface area contributed by atoms with Crippen molar-refractivity contribution >= 4 is 5.91 Å². The summed E-state index contributed by atoms with van der Waals surface area (Å²) >= 11 is 0. The molecule has 0 saturated carbocycles. The molecule has 0 saturated heterocycles. The van der Waals surface area contributed by atoms with Crippen LogP contribution in [0.25, 0.3) is 0 Å². The molecule has 1 amide bonds. The van der Waals surface area contributed by atoms with Crippen molar-refractivity contribution in [2.24, 2.45) is 0 Å². The van der Waals surface area contributed by atoms with Crippen LogP contribution in [0.4, 0.5) is 0 Å². The Bertz CT molecular complexity index is 362. The van der Waals surface area contributed by atoms with Crippen LogP contribution in [0.5, 0.6) is 5.75 Å². The van der Waals surface area contributed by atoms with Gasteiger partial charge in [-0.1, -0.05) is 12.1 Å². The second-order valence-corrected chi connectivity index (χ2v) is 4.15. The zero-order valence-corrected chi connectivity index (χ0v) is 11.8. The summed E-state index contributed by atoms with van der Waals surface area (Å²) in [4.78, 5) is 11.7. The first-order valence-corrected chi connectivity index (χ1v) is 6.82. The van der Waals surface area contributed by atoms with Gasteiger partial charge in [0.05, 0.1) is 13.0 Å². The van der Waals surface area contributed by atoms with E-state index in [4.69, 9.17) is 9.47 Å². The third kappa shape index (κ3) is 6.82. The fourth-order valence-electron chi connectivity index (χ4n) is 1.66. The SMILES string of the molecule is CCOCCCNC(=O)Cc1ccc(OCC)cc1. The van der Waals surface area contributed by atoms with E-state index < -0.39 is 0 Å². The van der Waals surface area contributed by atoms with Crippen molar-refractivity contribution in [3.8, 4) is 5.75 Å². The molecular formula is C15H23NO3. The molecule has 0 atom stereocenters. The number of ether oxygens (including phenoxy) is 2. The van der Waals surface area contributed by atoms with E-state index in [1.165, 1.54) is 0 Å². The Kier molecular flexibility index (Phi) is 7.66. The molecule has 1 rings (SSSR count). The van der Waals surface area contributed by atoms with Crippen molar-refractivity contribution in [2.45, 2.75) is 26.7 Å². The predicted octanol–water partition coefficient (Wildman–Crippen LogP) is 2.17. The molecule has 0 aliphatic carbocycles. The van der Waals surface area contributed by atoms with E-state index in [2.05, 4.69) is 5.32 Å². The van der Waals surface area contributed by atoms with Gasteiger partial charge in [-0.15, -0.1) is 0 Å². The number of hydrogen-bond donors (Lipinski definition) is 1.